The van der Waals surface area contributed by atoms with Crippen LogP contribution in [0.5, 0.6) is 0 Å². The van der Waals surface area contributed by atoms with Gasteiger partial charge in [-0.2, -0.15) is 0 Å². The molecule has 44 heavy (non-hydrogen) atoms. The normalized spacial score (nSPS) is 11.6. The van der Waals surface area contributed by atoms with E-state index in [0.29, 0.717) is 16.7 Å². The summed E-state index contributed by atoms with van der Waals surface area (Å²) in [6.45, 7) is 0. The second kappa shape index (κ2) is 10.1. The van der Waals surface area contributed by atoms with Crippen LogP contribution in [0.3, 0.4) is 0 Å². The topological polar surface area (TPSA) is 13.1 Å². The molecule has 0 spiro atoms. The molecule has 0 N–H and O–H groups in total. The first-order valence-corrected chi connectivity index (χ1v) is 14.4. The first-order chi connectivity index (χ1) is 21.5. The molecule has 192 valence electrons. The smallest absolute Gasteiger partial charge is 0.143 e. The van der Waals surface area contributed by atoms with Crippen LogP contribution in [0.25, 0.3) is 76.9 Å². The van der Waals surface area contributed by atoms with Crippen LogP contribution in [0.4, 0.5) is 0 Å². The Morgan fingerprint density at radius 2 is 0.841 bits per heavy atom. The van der Waals surface area contributed by atoms with Gasteiger partial charge in [-0.25, -0.2) is 0 Å². The Balaban J connectivity index is 1.50. The second-order valence-corrected chi connectivity index (χ2v) is 11.1. The van der Waals surface area contributed by atoms with E-state index in [1.54, 1.807) is 0 Å². The summed E-state index contributed by atoms with van der Waals surface area (Å²) >= 11 is 0. The molecule has 8 aromatic rings. The molecule has 0 amide bonds. The third-order valence-corrected chi connectivity index (χ3v) is 8.75. The van der Waals surface area contributed by atoms with E-state index in [-0.39, 0.29) is 27.3 Å². The highest BCUT2D eigenvalue weighted by atomic mass is 16.3. The average Bonchev–Trinajstić information content (AvgIpc) is 3.46. The van der Waals surface area contributed by atoms with Gasteiger partial charge in [0.05, 0.1) is 0 Å². The minimum atomic E-state index is 0.181. The molecule has 1 heterocycles. The Hall–Kier alpha value is -4.82. The molecule has 0 aliphatic heterocycles. The van der Waals surface area contributed by atoms with Crippen molar-refractivity contribution in [3.63, 3.8) is 0 Å². The lowest BCUT2D eigenvalue weighted by Crippen LogP contribution is -2.55. The van der Waals surface area contributed by atoms with Crippen LogP contribution in [0.2, 0.25) is 0 Å². The lowest BCUT2D eigenvalue weighted by molar-refractivity contribution is 0.670. The van der Waals surface area contributed by atoms with Crippen molar-refractivity contribution >= 4 is 110 Å². The SMILES string of the molecule is [B]c1c([B])c([B])c(-c2cccc3c2oc2cccc(-c4c5ccccc5c(-c5ccccc5)c5ccccc45)c23)c([B])c1[B]. The third-order valence-electron chi connectivity index (χ3n) is 8.75. The van der Waals surface area contributed by atoms with Crippen LogP contribution in [-0.2, 0) is 0 Å². The van der Waals surface area contributed by atoms with E-state index in [2.05, 4.69) is 91.0 Å². The summed E-state index contributed by atoms with van der Waals surface area (Å²) in [6.07, 6.45) is 0. The fraction of sp³-hybridized carbons (Fsp3) is 0. The third kappa shape index (κ3) is 3.80. The molecule has 7 aromatic carbocycles. The maximum Gasteiger partial charge on any atom is 0.143 e. The van der Waals surface area contributed by atoms with Crippen molar-refractivity contribution in [3.05, 3.63) is 115 Å². The Labute approximate surface area is 262 Å². The van der Waals surface area contributed by atoms with Crippen molar-refractivity contribution < 1.29 is 4.42 Å². The molecule has 0 bridgehead atoms. The quantitative estimate of drug-likeness (QED) is 0.228. The zero-order valence-corrected chi connectivity index (χ0v) is 23.8. The first-order valence-electron chi connectivity index (χ1n) is 14.4. The summed E-state index contributed by atoms with van der Waals surface area (Å²) in [5.74, 6) is 0. The minimum absolute atomic E-state index is 0.181. The predicted octanol–water partition coefficient (Wildman–Crippen LogP) is 4.86. The van der Waals surface area contributed by atoms with Crippen molar-refractivity contribution in [3.8, 4) is 33.4 Å². The summed E-state index contributed by atoms with van der Waals surface area (Å²) in [6, 6.07) is 40.0. The number of hydrogen-bond acceptors (Lipinski definition) is 1. The lowest BCUT2D eigenvalue weighted by atomic mass is 9.59. The number of benzene rings is 7. The van der Waals surface area contributed by atoms with Crippen LogP contribution >= 0.6 is 0 Å². The maximum absolute atomic E-state index is 6.61. The van der Waals surface area contributed by atoms with Crippen molar-refractivity contribution in [2.24, 2.45) is 0 Å². The average molecular weight is 546 g/mol. The molecule has 1 nitrogen and oxygen atoms in total. The molecule has 8 rings (SSSR count). The van der Waals surface area contributed by atoms with Crippen LogP contribution < -0.4 is 27.3 Å². The molecule has 1 aromatic heterocycles. The molecular formula is C38H19B5O. The molecule has 0 aliphatic carbocycles. The summed E-state index contributed by atoms with van der Waals surface area (Å²) < 4.78 is 6.61. The van der Waals surface area contributed by atoms with Crippen LogP contribution in [0, 0.1) is 0 Å². The van der Waals surface area contributed by atoms with Crippen molar-refractivity contribution in [2.45, 2.75) is 0 Å². The largest absolute Gasteiger partial charge is 0.455 e. The highest BCUT2D eigenvalue weighted by molar-refractivity contribution is 6.68. The molecule has 0 atom stereocenters. The van der Waals surface area contributed by atoms with Gasteiger partial charge < -0.3 is 4.42 Å². The van der Waals surface area contributed by atoms with Gasteiger partial charge in [0.15, 0.2) is 0 Å². The van der Waals surface area contributed by atoms with Gasteiger partial charge in [0.25, 0.3) is 0 Å². The number of furan rings is 1. The van der Waals surface area contributed by atoms with Gasteiger partial charge in [0.2, 0.25) is 0 Å². The molecule has 6 heteroatoms. The molecule has 0 aliphatic rings. The highest BCUT2D eigenvalue weighted by Gasteiger charge is 2.22. The van der Waals surface area contributed by atoms with Crippen LogP contribution in [0.15, 0.2) is 120 Å². The van der Waals surface area contributed by atoms with E-state index in [0.717, 1.165) is 38.3 Å². The zero-order chi connectivity index (χ0) is 30.1. The monoisotopic (exact) mass is 546 g/mol. The second-order valence-electron chi connectivity index (χ2n) is 11.1. The summed E-state index contributed by atoms with van der Waals surface area (Å²) in [7, 11) is 31.6. The van der Waals surface area contributed by atoms with Gasteiger partial charge in [-0.1, -0.05) is 120 Å². The van der Waals surface area contributed by atoms with E-state index in [1.165, 1.54) is 21.9 Å². The maximum atomic E-state index is 6.61. The Morgan fingerprint density at radius 3 is 1.45 bits per heavy atom. The molecular weight excluding hydrogens is 526 g/mol. The minimum Gasteiger partial charge on any atom is -0.455 e. The molecule has 0 saturated heterocycles. The molecule has 0 fully saturated rings. The van der Waals surface area contributed by atoms with Gasteiger partial charge in [0.1, 0.15) is 50.4 Å². The van der Waals surface area contributed by atoms with Crippen molar-refractivity contribution in [2.75, 3.05) is 0 Å². The fourth-order valence-electron chi connectivity index (χ4n) is 6.73. The van der Waals surface area contributed by atoms with Crippen molar-refractivity contribution in [1.82, 2.24) is 0 Å². The van der Waals surface area contributed by atoms with Gasteiger partial charge in [-0.15, -0.1) is 16.4 Å². The Morgan fingerprint density at radius 1 is 0.364 bits per heavy atom. The summed E-state index contributed by atoms with van der Waals surface area (Å²) in [4.78, 5) is 0. The van der Waals surface area contributed by atoms with Crippen LogP contribution in [-0.4, -0.2) is 39.2 Å². The number of fused-ring (bicyclic) bond motifs is 5. The van der Waals surface area contributed by atoms with Crippen LogP contribution in [0.1, 0.15) is 0 Å². The summed E-state index contributed by atoms with van der Waals surface area (Å²) in [5.41, 5.74) is 8.37. The van der Waals surface area contributed by atoms with Gasteiger partial charge in [-0.05, 0) is 55.4 Å². The van der Waals surface area contributed by atoms with Crippen molar-refractivity contribution in [1.29, 1.82) is 0 Å². The van der Waals surface area contributed by atoms with E-state index >= 15 is 0 Å². The predicted molar refractivity (Wildman–Crippen MR) is 192 cm³/mol. The fourth-order valence-corrected chi connectivity index (χ4v) is 6.73. The Bertz CT molecular complexity index is 2360. The standard InChI is InChI=1S/C38H19B5O/c39-33-32(34(40)36(42)37(43)35(33)41)27-18-8-17-26-31-25(16-9-19-28(31)44-38(26)27)30-23-14-6-4-12-21(23)29(20-10-2-1-3-11-20)22-13-5-7-15-24(22)30/h1-19H. The van der Waals surface area contributed by atoms with E-state index in [9.17, 15) is 0 Å². The number of hydrogen-bond donors (Lipinski definition) is 0. The molecule has 0 saturated carbocycles. The summed E-state index contributed by atoms with van der Waals surface area (Å²) in [5, 5.41) is 6.63. The van der Waals surface area contributed by atoms with E-state index in [4.69, 9.17) is 43.6 Å². The molecule has 0 unspecified atom stereocenters. The van der Waals surface area contributed by atoms with E-state index in [1.807, 2.05) is 24.3 Å². The number of rotatable bonds is 3. The Kier molecular flexibility index (Phi) is 6.17. The first kappa shape index (κ1) is 26.8. The van der Waals surface area contributed by atoms with E-state index < -0.39 is 0 Å². The number of para-hydroxylation sites is 1. The molecule has 10 radical (unpaired) electrons. The van der Waals surface area contributed by atoms with Gasteiger partial charge in [0, 0.05) is 16.3 Å². The van der Waals surface area contributed by atoms with Gasteiger partial charge >= 0.3 is 0 Å². The zero-order valence-electron chi connectivity index (χ0n) is 23.8. The lowest BCUT2D eigenvalue weighted by Gasteiger charge is -2.21. The van der Waals surface area contributed by atoms with Gasteiger partial charge in [-0.3, -0.25) is 0 Å². The highest BCUT2D eigenvalue weighted by Crippen LogP contribution is 2.47.